The van der Waals surface area contributed by atoms with E-state index in [0.717, 1.165) is 49.0 Å². The van der Waals surface area contributed by atoms with Gasteiger partial charge in [-0.2, -0.15) is 0 Å². The largest absolute Gasteiger partial charge is 0.509 e. The molecular formula is C38H51N5O8. The van der Waals surface area contributed by atoms with Crippen LogP contribution in [0.3, 0.4) is 0 Å². The third-order valence-corrected chi connectivity index (χ3v) is 10.9. The van der Waals surface area contributed by atoms with Crippen molar-refractivity contribution in [1.82, 2.24) is 19.6 Å². The molecule has 0 radical (unpaired) electrons. The number of carbonyl (C=O) groups is 4. The zero-order chi connectivity index (χ0) is 36.1. The summed E-state index contributed by atoms with van der Waals surface area (Å²) in [6.45, 7) is 6.83. The number of hydrogen-bond donors (Lipinski definition) is 2. The van der Waals surface area contributed by atoms with Crippen LogP contribution in [0.15, 0.2) is 36.4 Å². The first-order valence-electron chi connectivity index (χ1n) is 18.3. The number of aromatic hydroxyl groups is 1. The summed E-state index contributed by atoms with van der Waals surface area (Å²) in [6, 6.07) is 11.5. The lowest BCUT2D eigenvalue weighted by atomic mass is 9.97. The van der Waals surface area contributed by atoms with Crippen molar-refractivity contribution in [3.8, 4) is 5.75 Å². The number of hydrogen-bond acceptors (Lipinski definition) is 9. The van der Waals surface area contributed by atoms with E-state index in [2.05, 4.69) is 10.2 Å². The van der Waals surface area contributed by atoms with Gasteiger partial charge in [0.15, 0.2) is 12.3 Å². The lowest BCUT2D eigenvalue weighted by Crippen LogP contribution is -2.55. The molecule has 2 aromatic rings. The van der Waals surface area contributed by atoms with Crippen LogP contribution in [0.5, 0.6) is 5.75 Å². The number of phenols is 1. The Morgan fingerprint density at radius 1 is 0.882 bits per heavy atom. The molecule has 13 heteroatoms. The van der Waals surface area contributed by atoms with E-state index in [9.17, 15) is 24.3 Å². The summed E-state index contributed by atoms with van der Waals surface area (Å²) < 4.78 is 16.4. The maximum atomic E-state index is 14.1. The van der Waals surface area contributed by atoms with Gasteiger partial charge >= 0.3 is 18.3 Å². The van der Waals surface area contributed by atoms with Crippen molar-refractivity contribution in [3.05, 3.63) is 58.7 Å². The first-order valence-corrected chi connectivity index (χ1v) is 18.3. The van der Waals surface area contributed by atoms with Gasteiger partial charge in [0, 0.05) is 63.5 Å². The van der Waals surface area contributed by atoms with Crippen LogP contribution in [0.1, 0.15) is 67.2 Å². The Hall–Kier alpha value is -4.52. The predicted molar refractivity (Wildman–Crippen MR) is 189 cm³/mol. The number of nitrogens with one attached hydrogen (secondary N) is 1. The SMILES string of the molecule is COC(=O)O[C@H]1CCCCN1C1CCN(C(=O)[C@@H](Cc2cc(C)c(O)c(C)c2)OC(=O)N2CCC(N3CCc4ccccc4NC3=O)CC2)CC1. The number of urea groups is 1. The van der Waals surface area contributed by atoms with Gasteiger partial charge in [-0.1, -0.05) is 30.3 Å². The zero-order valence-electron chi connectivity index (χ0n) is 30.0. The fraction of sp³-hybridized carbons (Fsp3) is 0.579. The van der Waals surface area contributed by atoms with Crippen LogP contribution in [0, 0.1) is 13.8 Å². The molecular weight excluding hydrogens is 654 g/mol. The normalized spacial score (nSPS) is 21.3. The number of amides is 4. The molecule has 4 heterocycles. The quantitative estimate of drug-likeness (QED) is 0.372. The van der Waals surface area contributed by atoms with Crippen LogP contribution in [0.25, 0.3) is 0 Å². The van der Waals surface area contributed by atoms with E-state index in [-0.39, 0.29) is 42.4 Å². The Morgan fingerprint density at radius 3 is 2.25 bits per heavy atom. The van der Waals surface area contributed by atoms with Gasteiger partial charge in [0.05, 0.1) is 7.11 Å². The highest BCUT2D eigenvalue weighted by Gasteiger charge is 2.38. The average Bonchev–Trinajstić information content (AvgIpc) is 3.31. The van der Waals surface area contributed by atoms with Crippen LogP contribution >= 0.6 is 0 Å². The van der Waals surface area contributed by atoms with Gasteiger partial charge in [0.1, 0.15) is 5.75 Å². The monoisotopic (exact) mass is 705 g/mol. The second-order valence-corrected chi connectivity index (χ2v) is 14.2. The minimum absolute atomic E-state index is 0.0115. The van der Waals surface area contributed by atoms with E-state index in [1.54, 1.807) is 9.80 Å². The zero-order valence-corrected chi connectivity index (χ0v) is 30.0. The Morgan fingerprint density at radius 2 is 1.55 bits per heavy atom. The lowest BCUT2D eigenvalue weighted by molar-refractivity contribution is -0.144. The number of rotatable bonds is 7. The average molecular weight is 706 g/mol. The minimum Gasteiger partial charge on any atom is -0.507 e. The number of benzene rings is 2. The molecule has 0 saturated carbocycles. The number of nitrogens with zero attached hydrogens (tertiary/aromatic N) is 4. The Bertz CT molecular complexity index is 1560. The summed E-state index contributed by atoms with van der Waals surface area (Å²) >= 11 is 0. The van der Waals surface area contributed by atoms with E-state index in [1.165, 1.54) is 7.11 Å². The molecule has 0 bridgehead atoms. The highest BCUT2D eigenvalue weighted by Crippen LogP contribution is 2.29. The summed E-state index contributed by atoms with van der Waals surface area (Å²) in [4.78, 5) is 60.3. The maximum absolute atomic E-state index is 14.1. The summed E-state index contributed by atoms with van der Waals surface area (Å²) in [5.74, 6) is -0.0420. The molecule has 276 valence electrons. The molecule has 2 N–H and O–H groups in total. The van der Waals surface area contributed by atoms with Crippen LogP contribution in [-0.2, 0) is 31.8 Å². The van der Waals surface area contributed by atoms with E-state index in [1.807, 2.05) is 55.1 Å². The van der Waals surface area contributed by atoms with Crippen LogP contribution < -0.4 is 5.32 Å². The number of anilines is 1. The second-order valence-electron chi connectivity index (χ2n) is 14.2. The molecule has 2 atom stereocenters. The van der Waals surface area contributed by atoms with Gasteiger partial charge in [0.2, 0.25) is 0 Å². The van der Waals surface area contributed by atoms with Crippen molar-refractivity contribution in [2.24, 2.45) is 0 Å². The van der Waals surface area contributed by atoms with E-state index >= 15 is 0 Å². The van der Waals surface area contributed by atoms with Crippen molar-refractivity contribution >= 4 is 29.9 Å². The fourth-order valence-corrected chi connectivity index (χ4v) is 8.10. The first kappa shape index (κ1) is 36.3. The van der Waals surface area contributed by atoms with E-state index in [4.69, 9.17) is 14.2 Å². The molecule has 3 fully saturated rings. The number of fused-ring (bicyclic) bond motifs is 1. The van der Waals surface area contributed by atoms with Gasteiger partial charge in [-0.15, -0.1) is 0 Å². The standard InChI is InChI=1S/C38H51N5O8/c1-25-22-27(23-26(2)34(25)44)24-32(35(45)40-17-12-29(13-18-40)42-16-7-6-10-33(42)51-38(48)49-3)50-37(47)41-19-14-30(15-20-41)43-21-11-28-8-4-5-9-31(28)39-36(43)46/h4-5,8-9,22-23,29-30,32-33,44H,6-7,10-21,24H2,1-3H3,(H,39,46)/t32-,33+/m1/s1. The van der Waals surface area contributed by atoms with Gasteiger partial charge in [0.25, 0.3) is 5.91 Å². The third-order valence-electron chi connectivity index (χ3n) is 10.9. The highest BCUT2D eigenvalue weighted by atomic mass is 16.7. The molecule has 4 aliphatic heterocycles. The van der Waals surface area contributed by atoms with Crippen molar-refractivity contribution in [1.29, 1.82) is 0 Å². The van der Waals surface area contributed by atoms with Gasteiger partial charge in [-0.05, 0) is 93.5 Å². The summed E-state index contributed by atoms with van der Waals surface area (Å²) in [7, 11) is 1.31. The number of methoxy groups -OCH3 is 1. The Kier molecular flexibility index (Phi) is 11.5. The van der Waals surface area contributed by atoms with E-state index in [0.29, 0.717) is 69.5 Å². The van der Waals surface area contributed by atoms with Crippen molar-refractivity contribution in [2.45, 2.75) is 96.1 Å². The van der Waals surface area contributed by atoms with Crippen LogP contribution in [0.2, 0.25) is 0 Å². The van der Waals surface area contributed by atoms with Crippen LogP contribution in [0.4, 0.5) is 20.1 Å². The van der Waals surface area contributed by atoms with Gasteiger partial charge in [-0.25, -0.2) is 14.4 Å². The number of likely N-dealkylation sites (tertiary alicyclic amines) is 3. The molecule has 0 spiro atoms. The second kappa shape index (κ2) is 16.2. The minimum atomic E-state index is -1.05. The smallest absolute Gasteiger partial charge is 0.507 e. The fourth-order valence-electron chi connectivity index (χ4n) is 8.10. The molecule has 6 rings (SSSR count). The van der Waals surface area contributed by atoms with Crippen molar-refractivity contribution in [3.63, 3.8) is 0 Å². The van der Waals surface area contributed by atoms with Crippen molar-refractivity contribution < 1.29 is 38.5 Å². The number of piperidine rings is 3. The third kappa shape index (κ3) is 8.52. The number of para-hydroxylation sites is 1. The van der Waals surface area contributed by atoms with E-state index < -0.39 is 18.4 Å². The summed E-state index contributed by atoms with van der Waals surface area (Å²) in [6.07, 6.45) is 3.67. The molecule has 0 unspecified atom stereocenters. The highest BCUT2D eigenvalue weighted by molar-refractivity contribution is 5.91. The molecule has 4 amide bonds. The molecule has 51 heavy (non-hydrogen) atoms. The predicted octanol–water partition coefficient (Wildman–Crippen LogP) is 5.20. The molecule has 2 aromatic carbocycles. The maximum Gasteiger partial charge on any atom is 0.509 e. The topological polar surface area (TPSA) is 141 Å². The van der Waals surface area contributed by atoms with Gasteiger partial charge < -0.3 is 39.3 Å². The number of aryl methyl sites for hydroxylation is 2. The molecule has 0 aliphatic carbocycles. The Labute approximate surface area is 299 Å². The summed E-state index contributed by atoms with van der Waals surface area (Å²) in [5.41, 5.74) is 4.13. The number of phenolic OH excluding ortho intramolecular Hbond substituents is 1. The lowest BCUT2D eigenvalue weighted by Gasteiger charge is -2.44. The Balaban J connectivity index is 1.09. The summed E-state index contributed by atoms with van der Waals surface area (Å²) in [5, 5.41) is 13.4. The molecule has 0 aromatic heterocycles. The number of ether oxygens (including phenoxy) is 3. The number of carbonyl (C=O) groups excluding carboxylic acids is 4. The van der Waals surface area contributed by atoms with Crippen molar-refractivity contribution in [2.75, 3.05) is 51.7 Å². The van der Waals surface area contributed by atoms with Crippen LogP contribution in [-0.4, -0.2) is 120 Å². The molecule has 4 aliphatic rings. The van der Waals surface area contributed by atoms with Gasteiger partial charge in [-0.3, -0.25) is 9.69 Å². The first-order chi connectivity index (χ1) is 24.6. The molecule has 3 saturated heterocycles. The molecule has 13 nitrogen and oxygen atoms in total.